The van der Waals surface area contributed by atoms with E-state index in [1.54, 1.807) is 0 Å². The van der Waals surface area contributed by atoms with Gasteiger partial charge in [0.1, 0.15) is 5.41 Å². The van der Waals surface area contributed by atoms with Crippen LogP contribution in [0.25, 0.3) is 0 Å². The molecule has 0 amide bonds. The smallest absolute Gasteiger partial charge is 0.312 e. The zero-order valence-electron chi connectivity index (χ0n) is 12.2. The Morgan fingerprint density at radius 3 is 2.24 bits per heavy atom. The van der Waals surface area contributed by atoms with Gasteiger partial charge in [0.05, 0.1) is 5.25 Å². The van der Waals surface area contributed by atoms with E-state index >= 15 is 0 Å². The molecule has 1 aromatic carbocycles. The first-order valence-corrected chi connectivity index (χ1v) is 8.80. The standard InChI is InChI=1S/C15H21NO4S/c1-3-10-5-7-11(8-6-10)12-13(21(19,20)4-2)15(12,9-16)14(17)18/h5-8,12-13H,3-4,9,16H2,1-2H3,(H,17,18)/t12-,13+,15+/m1/s1. The third-order valence-corrected chi connectivity index (χ3v) is 6.80. The van der Waals surface area contributed by atoms with Crippen molar-refractivity contribution in [2.45, 2.75) is 31.4 Å². The molecule has 0 radical (unpaired) electrons. The van der Waals surface area contributed by atoms with Crippen molar-refractivity contribution in [3.05, 3.63) is 35.4 Å². The number of carboxylic acids is 1. The summed E-state index contributed by atoms with van der Waals surface area (Å²) >= 11 is 0. The van der Waals surface area contributed by atoms with Gasteiger partial charge in [0.25, 0.3) is 0 Å². The van der Waals surface area contributed by atoms with Crippen LogP contribution in [0.3, 0.4) is 0 Å². The third kappa shape index (κ3) is 2.36. The SMILES string of the molecule is CCc1ccc([C@@H]2[C@H](S(=O)(=O)CC)[C@@]2(CN)C(=O)O)cc1. The minimum atomic E-state index is -3.46. The zero-order valence-corrected chi connectivity index (χ0v) is 13.1. The van der Waals surface area contributed by atoms with E-state index in [1.165, 1.54) is 6.92 Å². The molecule has 5 nitrogen and oxygen atoms in total. The summed E-state index contributed by atoms with van der Waals surface area (Å²) in [6.07, 6.45) is 0.878. The van der Waals surface area contributed by atoms with E-state index in [-0.39, 0.29) is 12.3 Å². The molecule has 1 aliphatic rings. The van der Waals surface area contributed by atoms with E-state index in [2.05, 4.69) is 0 Å². The van der Waals surface area contributed by atoms with Gasteiger partial charge in [-0.1, -0.05) is 38.1 Å². The number of nitrogens with two attached hydrogens (primary N) is 1. The van der Waals surface area contributed by atoms with Gasteiger partial charge < -0.3 is 10.8 Å². The Labute approximate surface area is 125 Å². The molecule has 3 N–H and O–H groups in total. The second-order valence-electron chi connectivity index (χ2n) is 5.49. The van der Waals surface area contributed by atoms with Crippen LogP contribution in [0.1, 0.15) is 30.9 Å². The molecule has 0 spiro atoms. The lowest BCUT2D eigenvalue weighted by Crippen LogP contribution is -2.32. The normalized spacial score (nSPS) is 28.3. The maximum Gasteiger partial charge on any atom is 0.312 e. The number of sulfone groups is 1. The monoisotopic (exact) mass is 311 g/mol. The Morgan fingerprint density at radius 1 is 1.29 bits per heavy atom. The number of rotatable bonds is 6. The van der Waals surface area contributed by atoms with Crippen LogP contribution in [0.15, 0.2) is 24.3 Å². The molecule has 21 heavy (non-hydrogen) atoms. The highest BCUT2D eigenvalue weighted by Gasteiger charge is 2.74. The third-order valence-electron chi connectivity index (χ3n) is 4.53. The van der Waals surface area contributed by atoms with Crippen molar-refractivity contribution >= 4 is 15.8 Å². The van der Waals surface area contributed by atoms with Crippen molar-refractivity contribution in [3.8, 4) is 0 Å². The minimum Gasteiger partial charge on any atom is -0.481 e. The van der Waals surface area contributed by atoms with Gasteiger partial charge in [0.2, 0.25) is 0 Å². The first-order valence-electron chi connectivity index (χ1n) is 7.09. The molecular weight excluding hydrogens is 290 g/mol. The van der Waals surface area contributed by atoms with Crippen LogP contribution in [0.2, 0.25) is 0 Å². The molecule has 6 heteroatoms. The predicted molar refractivity (Wildman–Crippen MR) is 80.9 cm³/mol. The lowest BCUT2D eigenvalue weighted by atomic mass is 9.98. The van der Waals surface area contributed by atoms with E-state index in [0.717, 1.165) is 17.5 Å². The molecule has 0 saturated heterocycles. The van der Waals surface area contributed by atoms with Crippen LogP contribution >= 0.6 is 0 Å². The van der Waals surface area contributed by atoms with Crippen LogP contribution in [-0.4, -0.2) is 37.0 Å². The van der Waals surface area contributed by atoms with Crippen molar-refractivity contribution in [1.82, 2.24) is 0 Å². The van der Waals surface area contributed by atoms with Crippen LogP contribution < -0.4 is 5.73 Å². The summed E-state index contributed by atoms with van der Waals surface area (Å²) in [6, 6.07) is 7.46. The van der Waals surface area contributed by atoms with Gasteiger partial charge in [-0.2, -0.15) is 0 Å². The van der Waals surface area contributed by atoms with Gasteiger partial charge in [0, 0.05) is 18.2 Å². The quantitative estimate of drug-likeness (QED) is 0.822. The fourth-order valence-electron chi connectivity index (χ4n) is 3.13. The average molecular weight is 311 g/mol. The molecule has 0 bridgehead atoms. The lowest BCUT2D eigenvalue weighted by Gasteiger charge is -2.09. The maximum atomic E-state index is 12.2. The van der Waals surface area contributed by atoms with Crippen molar-refractivity contribution < 1.29 is 18.3 Å². The van der Waals surface area contributed by atoms with Crippen LogP contribution in [0.4, 0.5) is 0 Å². The van der Waals surface area contributed by atoms with Gasteiger partial charge in [-0.15, -0.1) is 0 Å². The lowest BCUT2D eigenvalue weighted by molar-refractivity contribution is -0.143. The van der Waals surface area contributed by atoms with Crippen molar-refractivity contribution in [1.29, 1.82) is 0 Å². The van der Waals surface area contributed by atoms with Gasteiger partial charge in [0.15, 0.2) is 9.84 Å². The number of hydrogen-bond donors (Lipinski definition) is 2. The number of carboxylic acid groups (broad SMARTS) is 1. The zero-order chi connectivity index (χ0) is 15.8. The van der Waals surface area contributed by atoms with Crippen LogP contribution in [0, 0.1) is 5.41 Å². The fourth-order valence-corrected chi connectivity index (χ4v) is 5.21. The molecule has 1 aromatic rings. The molecule has 0 heterocycles. The first kappa shape index (κ1) is 16.0. The number of hydrogen-bond acceptors (Lipinski definition) is 4. The number of aryl methyl sites for hydroxylation is 1. The molecule has 1 fully saturated rings. The van der Waals surface area contributed by atoms with Gasteiger partial charge >= 0.3 is 5.97 Å². The number of aliphatic carboxylic acids is 1. The summed E-state index contributed by atoms with van der Waals surface area (Å²) in [5, 5.41) is 8.60. The molecule has 1 aliphatic carbocycles. The van der Waals surface area contributed by atoms with Crippen molar-refractivity contribution in [2.24, 2.45) is 11.1 Å². The molecule has 116 valence electrons. The molecule has 2 rings (SSSR count). The number of carbonyl (C=O) groups is 1. The fraction of sp³-hybridized carbons (Fsp3) is 0.533. The van der Waals surface area contributed by atoms with Crippen molar-refractivity contribution in [2.75, 3.05) is 12.3 Å². The van der Waals surface area contributed by atoms with E-state index in [4.69, 9.17) is 5.73 Å². The molecule has 0 unspecified atom stereocenters. The van der Waals surface area contributed by atoms with Crippen molar-refractivity contribution in [3.63, 3.8) is 0 Å². The van der Waals surface area contributed by atoms with Gasteiger partial charge in [-0.25, -0.2) is 8.42 Å². The van der Waals surface area contributed by atoms with Gasteiger partial charge in [-0.05, 0) is 17.5 Å². The summed E-state index contributed by atoms with van der Waals surface area (Å²) in [6.45, 7) is 3.39. The van der Waals surface area contributed by atoms with Crippen LogP contribution in [-0.2, 0) is 21.1 Å². The molecule has 0 aromatic heterocycles. The predicted octanol–water partition coefficient (Wildman–Crippen LogP) is 1.18. The van der Waals surface area contributed by atoms with Crippen LogP contribution in [0.5, 0.6) is 0 Å². The Balaban J connectivity index is 2.47. The second-order valence-corrected chi connectivity index (χ2v) is 7.91. The Kier molecular flexibility index (Phi) is 4.13. The van der Waals surface area contributed by atoms with E-state index in [9.17, 15) is 18.3 Å². The second kappa shape index (κ2) is 5.42. The Morgan fingerprint density at radius 2 is 1.86 bits per heavy atom. The molecule has 3 atom stereocenters. The summed E-state index contributed by atoms with van der Waals surface area (Å²) in [5.74, 6) is -1.76. The van der Waals surface area contributed by atoms with E-state index in [0.29, 0.717) is 0 Å². The maximum absolute atomic E-state index is 12.2. The summed E-state index contributed by atoms with van der Waals surface area (Å²) in [4.78, 5) is 11.6. The Hall–Kier alpha value is -1.40. The topological polar surface area (TPSA) is 97.5 Å². The summed E-state index contributed by atoms with van der Waals surface area (Å²) < 4.78 is 24.5. The highest BCUT2D eigenvalue weighted by Crippen LogP contribution is 2.62. The van der Waals surface area contributed by atoms with E-state index < -0.39 is 32.4 Å². The minimum absolute atomic E-state index is 0.0732. The van der Waals surface area contributed by atoms with E-state index in [1.807, 2.05) is 31.2 Å². The Bertz CT molecular complexity index is 638. The summed E-state index contributed by atoms with van der Waals surface area (Å²) in [7, 11) is -3.46. The molecular formula is C15H21NO4S. The summed E-state index contributed by atoms with van der Waals surface area (Å²) in [5.41, 5.74) is 6.13. The number of benzene rings is 1. The first-order chi connectivity index (χ1) is 9.85. The highest BCUT2D eigenvalue weighted by molar-refractivity contribution is 7.92. The van der Waals surface area contributed by atoms with Gasteiger partial charge in [-0.3, -0.25) is 4.79 Å². The highest BCUT2D eigenvalue weighted by atomic mass is 32.2. The largest absolute Gasteiger partial charge is 0.481 e. The molecule has 1 saturated carbocycles. The molecule has 0 aliphatic heterocycles. The average Bonchev–Trinajstić information content (AvgIpc) is 3.19.